The van der Waals surface area contributed by atoms with Gasteiger partial charge in [0.15, 0.2) is 0 Å². The molecule has 21 heavy (non-hydrogen) atoms. The molecule has 0 amide bonds. The minimum atomic E-state index is -0.395. The van der Waals surface area contributed by atoms with E-state index in [1.165, 1.54) is 12.1 Å². The van der Waals surface area contributed by atoms with Gasteiger partial charge in [-0.1, -0.05) is 0 Å². The van der Waals surface area contributed by atoms with Gasteiger partial charge < -0.3 is 10.6 Å². The fourth-order valence-electron chi connectivity index (χ4n) is 3.65. The van der Waals surface area contributed by atoms with Crippen molar-refractivity contribution in [2.24, 2.45) is 5.92 Å². The molecule has 1 fully saturated rings. The van der Waals surface area contributed by atoms with Crippen LogP contribution in [0.15, 0.2) is 16.9 Å². The van der Waals surface area contributed by atoms with Gasteiger partial charge in [-0.15, -0.1) is 0 Å². The molecular formula is C15H17FN4O. The van der Waals surface area contributed by atoms with Crippen molar-refractivity contribution in [1.82, 2.24) is 15.5 Å². The third-order valence-corrected chi connectivity index (χ3v) is 4.70. The van der Waals surface area contributed by atoms with Gasteiger partial charge >= 0.3 is 0 Å². The Morgan fingerprint density at radius 2 is 2.05 bits per heavy atom. The van der Waals surface area contributed by atoms with Gasteiger partial charge in [0, 0.05) is 23.5 Å². The zero-order chi connectivity index (χ0) is 14.4. The van der Waals surface area contributed by atoms with Crippen LogP contribution in [0.25, 0.3) is 10.8 Å². The van der Waals surface area contributed by atoms with Crippen molar-refractivity contribution in [3.05, 3.63) is 34.0 Å². The Bertz CT molecular complexity index is 751. The van der Waals surface area contributed by atoms with E-state index < -0.39 is 5.82 Å². The first-order valence-corrected chi connectivity index (χ1v) is 7.40. The summed E-state index contributed by atoms with van der Waals surface area (Å²) in [4.78, 5) is 11.9. The Morgan fingerprint density at radius 1 is 1.24 bits per heavy atom. The van der Waals surface area contributed by atoms with Crippen LogP contribution in [-0.2, 0) is 0 Å². The lowest BCUT2D eigenvalue weighted by molar-refractivity contribution is 0.320. The fraction of sp³-hybridized carbons (Fsp3) is 0.467. The molecule has 0 aliphatic carbocycles. The average Bonchev–Trinajstić information content (AvgIpc) is 2.51. The largest absolute Gasteiger partial charge is 0.384 e. The summed E-state index contributed by atoms with van der Waals surface area (Å²) in [6.07, 6.45) is 2.20. The van der Waals surface area contributed by atoms with Gasteiger partial charge in [-0.25, -0.2) is 9.49 Å². The van der Waals surface area contributed by atoms with Crippen molar-refractivity contribution in [1.29, 1.82) is 0 Å². The van der Waals surface area contributed by atoms with E-state index in [-0.39, 0.29) is 11.5 Å². The van der Waals surface area contributed by atoms with Gasteiger partial charge in [-0.2, -0.15) is 5.10 Å². The minimum Gasteiger partial charge on any atom is -0.384 e. The summed E-state index contributed by atoms with van der Waals surface area (Å²) >= 11 is 0. The van der Waals surface area contributed by atoms with Crippen LogP contribution in [0.1, 0.15) is 24.5 Å². The second-order valence-corrected chi connectivity index (χ2v) is 5.89. The third kappa shape index (κ3) is 2.01. The lowest BCUT2D eigenvalue weighted by atomic mass is 9.79. The van der Waals surface area contributed by atoms with E-state index in [0.717, 1.165) is 43.6 Å². The third-order valence-electron chi connectivity index (χ3n) is 4.70. The average molecular weight is 288 g/mol. The summed E-state index contributed by atoms with van der Waals surface area (Å²) in [6, 6.07) is 2.75. The van der Waals surface area contributed by atoms with Crippen LogP contribution in [0.2, 0.25) is 0 Å². The molecule has 4 rings (SSSR count). The quantitative estimate of drug-likeness (QED) is 0.745. The maximum Gasteiger partial charge on any atom is 0.272 e. The summed E-state index contributed by atoms with van der Waals surface area (Å²) in [5.41, 5.74) is 1.26. The molecule has 1 unspecified atom stereocenters. The van der Waals surface area contributed by atoms with Crippen LogP contribution in [0.5, 0.6) is 0 Å². The van der Waals surface area contributed by atoms with Crippen LogP contribution in [0.4, 0.5) is 10.1 Å². The lowest BCUT2D eigenvalue weighted by Crippen LogP contribution is -2.35. The molecule has 1 atom stereocenters. The summed E-state index contributed by atoms with van der Waals surface area (Å²) in [5, 5.41) is 14.7. The molecule has 2 aliphatic rings. The van der Waals surface area contributed by atoms with Gasteiger partial charge in [-0.3, -0.25) is 4.79 Å². The number of nitrogens with one attached hydrogen (secondary N) is 3. The van der Waals surface area contributed by atoms with E-state index in [1.807, 2.05) is 0 Å². The Labute approximate surface area is 120 Å². The molecule has 2 aromatic rings. The molecule has 6 heteroatoms. The number of benzene rings is 1. The highest BCUT2D eigenvalue weighted by Crippen LogP contribution is 2.39. The molecular weight excluding hydrogens is 271 g/mol. The van der Waals surface area contributed by atoms with Crippen molar-refractivity contribution < 1.29 is 4.39 Å². The second-order valence-electron chi connectivity index (χ2n) is 5.89. The number of anilines is 1. The topological polar surface area (TPSA) is 69.8 Å². The molecule has 3 heterocycles. The fourth-order valence-corrected chi connectivity index (χ4v) is 3.65. The molecule has 0 saturated carbocycles. The monoisotopic (exact) mass is 288 g/mol. The van der Waals surface area contributed by atoms with E-state index in [4.69, 9.17) is 0 Å². The van der Waals surface area contributed by atoms with Crippen LogP contribution in [0.3, 0.4) is 0 Å². The summed E-state index contributed by atoms with van der Waals surface area (Å²) in [5.74, 6) is 0.413. The highest BCUT2D eigenvalue weighted by molar-refractivity contribution is 5.96. The maximum atomic E-state index is 13.7. The number of piperidine rings is 1. The van der Waals surface area contributed by atoms with E-state index in [2.05, 4.69) is 20.8 Å². The van der Waals surface area contributed by atoms with Crippen LogP contribution in [0, 0.1) is 11.7 Å². The molecule has 1 saturated heterocycles. The Hall–Kier alpha value is -1.95. The standard InChI is InChI=1S/C15H17FN4O/c16-9-5-10-13-12(6-9)18-7-11(8-1-3-17-4-2-8)14(13)19-20-15(10)21/h5-6,8,11,17-18H,1-4,7H2,(H,20,21). The highest BCUT2D eigenvalue weighted by Gasteiger charge is 2.31. The van der Waals surface area contributed by atoms with Gasteiger partial charge in [0.25, 0.3) is 5.56 Å². The molecule has 110 valence electrons. The molecule has 1 aromatic carbocycles. The van der Waals surface area contributed by atoms with Crippen LogP contribution in [-0.4, -0.2) is 29.8 Å². The van der Waals surface area contributed by atoms with Crippen molar-refractivity contribution >= 4 is 16.5 Å². The minimum absolute atomic E-state index is 0.268. The van der Waals surface area contributed by atoms with Gasteiger partial charge in [0.05, 0.1) is 11.1 Å². The smallest absolute Gasteiger partial charge is 0.272 e. The maximum absolute atomic E-state index is 13.7. The summed E-state index contributed by atoms with van der Waals surface area (Å²) < 4.78 is 13.7. The van der Waals surface area contributed by atoms with E-state index in [1.54, 1.807) is 0 Å². The van der Waals surface area contributed by atoms with E-state index >= 15 is 0 Å². The number of halogens is 1. The highest BCUT2D eigenvalue weighted by atomic mass is 19.1. The first-order chi connectivity index (χ1) is 10.2. The van der Waals surface area contributed by atoms with Crippen molar-refractivity contribution in [2.45, 2.75) is 18.8 Å². The van der Waals surface area contributed by atoms with Gasteiger partial charge in [-0.05, 0) is 44.0 Å². The second kappa shape index (κ2) is 4.80. The number of hydrogen-bond donors (Lipinski definition) is 3. The number of hydrogen-bond acceptors (Lipinski definition) is 4. The number of aromatic amines is 1. The van der Waals surface area contributed by atoms with Crippen LogP contribution < -0.4 is 16.2 Å². The Kier molecular flexibility index (Phi) is 2.92. The molecule has 0 bridgehead atoms. The van der Waals surface area contributed by atoms with Crippen molar-refractivity contribution in [3.8, 4) is 0 Å². The predicted molar refractivity (Wildman–Crippen MR) is 79.1 cm³/mol. The normalized spacial score (nSPS) is 22.2. The molecule has 0 radical (unpaired) electrons. The zero-order valence-electron chi connectivity index (χ0n) is 11.6. The molecule has 2 aliphatic heterocycles. The SMILES string of the molecule is O=c1[nH]nc2c3c(cc(F)cc13)NCC2C1CCNCC1. The Morgan fingerprint density at radius 3 is 2.86 bits per heavy atom. The van der Waals surface area contributed by atoms with E-state index in [0.29, 0.717) is 17.0 Å². The Balaban J connectivity index is 1.90. The molecule has 5 nitrogen and oxygen atoms in total. The lowest BCUT2D eigenvalue weighted by Gasteiger charge is -2.34. The number of aromatic nitrogens is 2. The predicted octanol–water partition coefficient (Wildman–Crippen LogP) is 1.57. The van der Waals surface area contributed by atoms with Crippen molar-refractivity contribution in [2.75, 3.05) is 25.0 Å². The summed E-state index contributed by atoms with van der Waals surface area (Å²) in [7, 11) is 0. The number of H-pyrrole nitrogens is 1. The zero-order valence-corrected chi connectivity index (χ0v) is 11.6. The summed E-state index contributed by atoms with van der Waals surface area (Å²) in [6.45, 7) is 2.78. The molecule has 1 aromatic heterocycles. The van der Waals surface area contributed by atoms with Crippen molar-refractivity contribution in [3.63, 3.8) is 0 Å². The molecule has 0 spiro atoms. The first-order valence-electron chi connectivity index (χ1n) is 7.40. The number of rotatable bonds is 1. The van der Waals surface area contributed by atoms with Gasteiger partial charge in [0.1, 0.15) is 5.82 Å². The number of nitrogens with zero attached hydrogens (tertiary/aromatic N) is 1. The van der Waals surface area contributed by atoms with E-state index in [9.17, 15) is 9.18 Å². The van der Waals surface area contributed by atoms with Crippen LogP contribution >= 0.6 is 0 Å². The molecule has 3 N–H and O–H groups in total. The van der Waals surface area contributed by atoms with Gasteiger partial charge in [0.2, 0.25) is 0 Å². The first kappa shape index (κ1) is 12.8.